The molecule has 0 amide bonds. The van der Waals surface area contributed by atoms with Gasteiger partial charge in [-0.2, -0.15) is 5.10 Å². The third-order valence-electron chi connectivity index (χ3n) is 3.86. The van der Waals surface area contributed by atoms with Crippen LogP contribution in [0, 0.1) is 0 Å². The Balaban J connectivity index is 1.72. The first-order valence-corrected chi connectivity index (χ1v) is 9.73. The van der Waals surface area contributed by atoms with Crippen LogP contribution in [0.4, 0.5) is 5.69 Å². The molecule has 2 aromatic heterocycles. The van der Waals surface area contributed by atoms with E-state index >= 15 is 0 Å². The molecule has 0 aromatic carbocycles. The fourth-order valence-electron chi connectivity index (χ4n) is 2.78. The van der Waals surface area contributed by atoms with E-state index in [9.17, 15) is 8.42 Å². The molecule has 9 heteroatoms. The lowest BCUT2D eigenvalue weighted by molar-refractivity contribution is 0.405. The second-order valence-corrected chi connectivity index (χ2v) is 8.38. The summed E-state index contributed by atoms with van der Waals surface area (Å²) in [6, 6.07) is 1.54. The van der Waals surface area contributed by atoms with Gasteiger partial charge in [-0.3, -0.25) is 4.68 Å². The molecule has 0 spiro atoms. The highest BCUT2D eigenvalue weighted by Crippen LogP contribution is 2.30. The number of nitrogens with zero attached hydrogens (tertiary/aromatic N) is 3. The number of hydrogen-bond acceptors (Lipinski definition) is 6. The fourth-order valence-corrected chi connectivity index (χ4v) is 5.34. The summed E-state index contributed by atoms with van der Waals surface area (Å²) in [5.41, 5.74) is 1.02. The molecule has 3 heterocycles. The summed E-state index contributed by atoms with van der Waals surface area (Å²) >= 11 is 1.17. The van der Waals surface area contributed by atoms with Gasteiger partial charge < -0.3 is 9.64 Å². The van der Waals surface area contributed by atoms with Crippen LogP contribution in [-0.2, 0) is 17.1 Å². The number of sulfonamides is 1. The minimum atomic E-state index is -3.56. The van der Waals surface area contributed by atoms with E-state index < -0.39 is 10.0 Å². The molecule has 0 aliphatic carbocycles. The van der Waals surface area contributed by atoms with Crippen molar-refractivity contribution in [2.24, 2.45) is 7.05 Å². The number of thiophene rings is 1. The van der Waals surface area contributed by atoms with Gasteiger partial charge in [0, 0.05) is 32.4 Å². The average Bonchev–Trinajstić information content (AvgIpc) is 3.15. The Kier molecular flexibility index (Phi) is 4.60. The number of methoxy groups -OCH3 is 1. The van der Waals surface area contributed by atoms with Gasteiger partial charge in [-0.15, -0.1) is 11.3 Å². The number of rotatable bonds is 5. The van der Waals surface area contributed by atoms with Gasteiger partial charge in [-0.05, 0) is 24.3 Å². The number of aromatic nitrogens is 2. The Labute approximate surface area is 139 Å². The highest BCUT2D eigenvalue weighted by Gasteiger charge is 2.28. The number of aryl methyl sites for hydroxylation is 1. The van der Waals surface area contributed by atoms with Crippen molar-refractivity contribution in [3.8, 4) is 5.75 Å². The van der Waals surface area contributed by atoms with Gasteiger partial charge in [-0.1, -0.05) is 0 Å². The van der Waals surface area contributed by atoms with Crippen LogP contribution >= 0.6 is 11.3 Å². The molecule has 1 N–H and O–H groups in total. The zero-order chi connectivity index (χ0) is 16.4. The van der Waals surface area contributed by atoms with Crippen molar-refractivity contribution < 1.29 is 13.2 Å². The number of hydrogen-bond donors (Lipinski definition) is 1. The van der Waals surface area contributed by atoms with Crippen molar-refractivity contribution in [3.05, 3.63) is 23.8 Å². The first-order chi connectivity index (χ1) is 11.0. The normalized spacial score (nSPS) is 19.0. The molecule has 1 aliphatic rings. The van der Waals surface area contributed by atoms with Gasteiger partial charge in [0.1, 0.15) is 5.75 Å². The van der Waals surface area contributed by atoms with E-state index in [1.54, 1.807) is 22.3 Å². The molecular weight excluding hydrogens is 336 g/mol. The van der Waals surface area contributed by atoms with Crippen molar-refractivity contribution >= 4 is 27.0 Å². The minimum absolute atomic E-state index is 0.124. The van der Waals surface area contributed by atoms with E-state index in [1.807, 2.05) is 13.2 Å². The monoisotopic (exact) mass is 356 g/mol. The van der Waals surface area contributed by atoms with Gasteiger partial charge in [0.05, 0.1) is 19.0 Å². The standard InChI is InChI=1S/C14H20N4O3S2/c1-17-10-12(8-15-17)18-6-3-4-11(9-18)16-23(19,20)14-13(21-2)5-7-22-14/h5,7-8,10-11,16H,3-4,6,9H2,1-2H3. The molecule has 126 valence electrons. The summed E-state index contributed by atoms with van der Waals surface area (Å²) in [7, 11) is -0.214. The summed E-state index contributed by atoms with van der Waals surface area (Å²) in [4.78, 5) is 2.16. The highest BCUT2D eigenvalue weighted by molar-refractivity contribution is 7.91. The maximum Gasteiger partial charge on any atom is 0.254 e. The van der Waals surface area contributed by atoms with Crippen LogP contribution in [0.5, 0.6) is 5.75 Å². The van der Waals surface area contributed by atoms with Gasteiger partial charge in [0.15, 0.2) is 4.21 Å². The first-order valence-electron chi connectivity index (χ1n) is 7.37. The van der Waals surface area contributed by atoms with Gasteiger partial charge >= 0.3 is 0 Å². The van der Waals surface area contributed by atoms with Crippen LogP contribution in [0.2, 0.25) is 0 Å². The first kappa shape index (κ1) is 16.3. The van der Waals surface area contributed by atoms with Gasteiger partial charge in [0.2, 0.25) is 0 Å². The molecular formula is C14H20N4O3S2. The Hall–Kier alpha value is -1.58. The number of nitrogens with one attached hydrogen (secondary N) is 1. The third kappa shape index (κ3) is 3.51. The molecule has 23 heavy (non-hydrogen) atoms. The van der Waals surface area contributed by atoms with E-state index in [0.717, 1.165) is 25.1 Å². The number of ether oxygens (including phenoxy) is 1. The molecule has 0 saturated carbocycles. The van der Waals surface area contributed by atoms with Crippen molar-refractivity contribution in [1.29, 1.82) is 0 Å². The van der Waals surface area contributed by atoms with Crippen molar-refractivity contribution in [2.45, 2.75) is 23.1 Å². The summed E-state index contributed by atoms with van der Waals surface area (Å²) in [5, 5.41) is 5.89. The Bertz CT molecular complexity index is 769. The fraction of sp³-hybridized carbons (Fsp3) is 0.500. The molecule has 1 unspecified atom stereocenters. The third-order valence-corrected chi connectivity index (χ3v) is 6.83. The number of piperidine rings is 1. The van der Waals surface area contributed by atoms with E-state index in [1.165, 1.54) is 18.4 Å². The molecule has 1 atom stereocenters. The van der Waals surface area contributed by atoms with Crippen LogP contribution in [-0.4, -0.2) is 44.4 Å². The van der Waals surface area contributed by atoms with Crippen LogP contribution in [0.1, 0.15) is 12.8 Å². The van der Waals surface area contributed by atoms with Crippen LogP contribution in [0.15, 0.2) is 28.0 Å². The van der Waals surface area contributed by atoms with Crippen LogP contribution < -0.4 is 14.4 Å². The maximum atomic E-state index is 12.6. The van der Waals surface area contributed by atoms with E-state index in [-0.39, 0.29) is 10.3 Å². The SMILES string of the molecule is COc1ccsc1S(=O)(=O)NC1CCCN(c2cnn(C)c2)C1. The lowest BCUT2D eigenvalue weighted by Crippen LogP contribution is -2.47. The Morgan fingerprint density at radius 3 is 3.00 bits per heavy atom. The molecule has 1 fully saturated rings. The van der Waals surface area contributed by atoms with E-state index in [0.29, 0.717) is 12.3 Å². The molecule has 0 bridgehead atoms. The predicted octanol–water partition coefficient (Wildman–Crippen LogP) is 1.44. The molecule has 0 radical (unpaired) electrons. The van der Waals surface area contributed by atoms with Gasteiger partial charge in [-0.25, -0.2) is 13.1 Å². The van der Waals surface area contributed by atoms with Crippen LogP contribution in [0.25, 0.3) is 0 Å². The molecule has 2 aromatic rings. The molecule has 7 nitrogen and oxygen atoms in total. The van der Waals surface area contributed by atoms with E-state index in [4.69, 9.17) is 4.74 Å². The molecule has 3 rings (SSSR count). The zero-order valence-corrected chi connectivity index (χ0v) is 14.7. The quantitative estimate of drug-likeness (QED) is 0.877. The van der Waals surface area contributed by atoms with Crippen molar-refractivity contribution in [2.75, 3.05) is 25.1 Å². The zero-order valence-electron chi connectivity index (χ0n) is 13.1. The summed E-state index contributed by atoms with van der Waals surface area (Å²) in [6.07, 6.45) is 5.51. The van der Waals surface area contributed by atoms with Crippen molar-refractivity contribution in [1.82, 2.24) is 14.5 Å². The predicted molar refractivity (Wildman–Crippen MR) is 89.6 cm³/mol. The lowest BCUT2D eigenvalue weighted by Gasteiger charge is -2.33. The summed E-state index contributed by atoms with van der Waals surface area (Å²) < 4.78 is 35.1. The van der Waals surface area contributed by atoms with E-state index in [2.05, 4.69) is 14.7 Å². The topological polar surface area (TPSA) is 76.5 Å². The number of anilines is 1. The summed E-state index contributed by atoms with van der Waals surface area (Å²) in [6.45, 7) is 1.55. The second-order valence-electron chi connectivity index (χ2n) is 5.56. The smallest absolute Gasteiger partial charge is 0.254 e. The van der Waals surface area contributed by atoms with Crippen LogP contribution in [0.3, 0.4) is 0 Å². The Morgan fingerprint density at radius 1 is 1.48 bits per heavy atom. The second kappa shape index (κ2) is 6.50. The molecule has 1 saturated heterocycles. The lowest BCUT2D eigenvalue weighted by atomic mass is 10.1. The average molecular weight is 356 g/mol. The largest absolute Gasteiger partial charge is 0.494 e. The minimum Gasteiger partial charge on any atom is -0.494 e. The van der Waals surface area contributed by atoms with Crippen molar-refractivity contribution in [3.63, 3.8) is 0 Å². The molecule has 1 aliphatic heterocycles. The highest BCUT2D eigenvalue weighted by atomic mass is 32.2. The van der Waals surface area contributed by atoms with Gasteiger partial charge in [0.25, 0.3) is 10.0 Å². The summed E-state index contributed by atoms with van der Waals surface area (Å²) in [5.74, 6) is 0.391. The maximum absolute atomic E-state index is 12.6. The Morgan fingerprint density at radius 2 is 2.30 bits per heavy atom.